The molecule has 21 heteroatoms. The summed E-state index contributed by atoms with van der Waals surface area (Å²) in [6.07, 6.45) is 0. The topological polar surface area (TPSA) is 286 Å². The van der Waals surface area contributed by atoms with Crippen molar-refractivity contribution in [3.8, 4) is 22.5 Å². The third-order valence-electron chi connectivity index (χ3n) is 12.2. The molecule has 0 atom stereocenters. The van der Waals surface area contributed by atoms with Gasteiger partial charge < -0.3 is 40.8 Å². The quantitative estimate of drug-likeness (QED) is 0.0331. The molecule has 1 aliphatic carbocycles. The van der Waals surface area contributed by atoms with Crippen LogP contribution in [0.1, 0.15) is 38.9 Å². The van der Waals surface area contributed by atoms with Crippen molar-refractivity contribution in [1.82, 2.24) is 0 Å². The minimum Gasteiger partial charge on any atom is -0.456 e. The van der Waals surface area contributed by atoms with Crippen LogP contribution in [0.15, 0.2) is 134 Å². The van der Waals surface area contributed by atoms with Gasteiger partial charge in [0.25, 0.3) is 20.2 Å². The number of carbonyl (C=O) groups excluding carboxylic acids is 2. The first-order valence-corrected chi connectivity index (χ1v) is 26.8. The van der Waals surface area contributed by atoms with E-state index in [-0.39, 0.29) is 66.2 Å². The lowest BCUT2D eigenvalue weighted by Gasteiger charge is -2.21. The van der Waals surface area contributed by atoms with Gasteiger partial charge in [0.1, 0.15) is 21.1 Å². The third kappa shape index (κ3) is 10.9. The average molecular weight is 1050 g/mol. The van der Waals surface area contributed by atoms with Crippen molar-refractivity contribution in [1.29, 1.82) is 0 Å². The molecular weight excluding hydrogens is 996 g/mol. The molecule has 0 saturated carbocycles. The van der Waals surface area contributed by atoms with Crippen LogP contribution in [-0.4, -0.2) is 47.8 Å². The fraction of sp³-hybridized carbons (Fsp3) is 0.135. The molecule has 1 aliphatic heterocycles. The summed E-state index contributed by atoms with van der Waals surface area (Å²) in [6.45, 7) is 12.0. The number of hydrogen-bond donors (Lipinski definition) is 9. The second-order valence-corrected chi connectivity index (χ2v) is 21.8. The lowest BCUT2D eigenvalue weighted by Crippen LogP contribution is -2.22. The monoisotopic (exact) mass is 1040 g/mol. The number of hydrogen-bond acceptors (Lipinski definition) is 10. The predicted octanol–water partition coefficient (Wildman–Crippen LogP) is 10.9. The number of nitrogens with zero attached hydrogens (tertiary/aromatic N) is 1. The smallest absolute Gasteiger partial charge is 0.356 e. The molecule has 0 aromatic heterocycles. The van der Waals surface area contributed by atoms with Crippen LogP contribution in [0.4, 0.5) is 49.4 Å². The van der Waals surface area contributed by atoms with E-state index in [1.54, 1.807) is 61.5 Å². The first-order chi connectivity index (χ1) is 34.3. The summed E-state index contributed by atoms with van der Waals surface area (Å²) >= 11 is 0. The number of urea groups is 2. The van der Waals surface area contributed by atoms with Crippen LogP contribution in [0, 0.1) is 48.5 Å². The zero-order chi connectivity index (χ0) is 52.9. The number of anilines is 6. The molecule has 0 spiro atoms. The van der Waals surface area contributed by atoms with E-state index in [1.807, 2.05) is 52.0 Å². The highest BCUT2D eigenvalue weighted by atomic mass is 32.2. The molecule has 0 unspecified atom stereocenters. The van der Waals surface area contributed by atoms with Gasteiger partial charge in [-0.1, -0.05) is 42.5 Å². The summed E-state index contributed by atoms with van der Waals surface area (Å²) in [5.41, 5.74) is 7.48. The van der Waals surface area contributed by atoms with Crippen LogP contribution in [0.3, 0.4) is 0 Å². The standard InChI is InChI=1S/C52H49N6O12PS2/c1-27-12-10-13-34(22-27)55-51(59)57-47-29(3)23-28(2)46(30(47)4)53-36-18-20-39-42(25-36)70-43-26-37(19-21-40(43)45(39)41-16-8-9-17-44(41)72(64,65)66)54-48-31(5)49(33(7)50(32(48)6)73(67,68)69)58-52(60)56-35-14-11-15-38(24-35)71(61,62)63/h8-26,53H,1-7H3,(H2,55,57,59)(H2,56,58,60)(H2,61,62,63)(H,64,65,66)(H,67,68,69)/b54-37+. The predicted molar refractivity (Wildman–Crippen MR) is 282 cm³/mol. The average Bonchev–Trinajstić information content (AvgIpc) is 3.30. The van der Waals surface area contributed by atoms with Gasteiger partial charge in [-0.2, -0.15) is 16.8 Å². The molecule has 18 nitrogen and oxygen atoms in total. The van der Waals surface area contributed by atoms with Crippen molar-refractivity contribution in [2.24, 2.45) is 4.99 Å². The summed E-state index contributed by atoms with van der Waals surface area (Å²) in [4.78, 5) is 49.8. The first kappa shape index (κ1) is 51.7. The number of amides is 4. The molecule has 1 heterocycles. The van der Waals surface area contributed by atoms with E-state index in [0.29, 0.717) is 39.3 Å². The summed E-state index contributed by atoms with van der Waals surface area (Å²) in [6, 6.07) is 29.0. The van der Waals surface area contributed by atoms with E-state index >= 15 is 0 Å². The van der Waals surface area contributed by atoms with Gasteiger partial charge in [0.15, 0.2) is 0 Å². The number of rotatable bonds is 11. The molecule has 6 aromatic carbocycles. The Morgan fingerprint density at radius 1 is 0.575 bits per heavy atom. The summed E-state index contributed by atoms with van der Waals surface area (Å²) in [7, 11) is -14.4. The van der Waals surface area contributed by atoms with E-state index in [0.717, 1.165) is 28.3 Å². The first-order valence-electron chi connectivity index (χ1n) is 22.3. The number of nitrogens with one attached hydrogen (secondary N) is 5. The molecular formula is C52H49N6O12PS2. The Labute approximate surface area is 420 Å². The molecule has 9 N–H and O–H groups in total. The van der Waals surface area contributed by atoms with Gasteiger partial charge in [-0.25, -0.2) is 14.6 Å². The Balaban J connectivity index is 1.25. The van der Waals surface area contributed by atoms with Gasteiger partial charge in [0, 0.05) is 57.0 Å². The van der Waals surface area contributed by atoms with Gasteiger partial charge in [-0.3, -0.25) is 13.7 Å². The SMILES string of the molecule is Cc1cccc(NC(=O)Nc2c(C)cc(C)c(Nc3ccc4c(-c5ccccc5S(=O)(=O)O)c5cc/c(=N\c6c(C)c(NC(=O)Nc7cccc(P(=O)(O)O)c7)c(C)c(S(=O)(=O)O)c6C)cc-5oc4c3)c2C)c1. The van der Waals surface area contributed by atoms with Crippen molar-refractivity contribution in [2.75, 3.05) is 26.6 Å². The van der Waals surface area contributed by atoms with E-state index in [9.17, 15) is 49.9 Å². The number of carbonyl (C=O) groups is 2. The van der Waals surface area contributed by atoms with Gasteiger partial charge in [-0.15, -0.1) is 0 Å². The van der Waals surface area contributed by atoms with Crippen LogP contribution in [-0.2, 0) is 24.8 Å². The Kier molecular flexibility index (Phi) is 14.0. The second kappa shape index (κ2) is 19.7. The van der Waals surface area contributed by atoms with Crippen molar-refractivity contribution in [2.45, 2.75) is 58.3 Å². The molecule has 0 radical (unpaired) electrons. The number of fused-ring (bicyclic) bond motifs is 2. The maximum absolute atomic E-state index is 13.4. The fourth-order valence-corrected chi connectivity index (χ4v) is 11.3. The van der Waals surface area contributed by atoms with Crippen LogP contribution < -0.4 is 37.2 Å². The minimum atomic E-state index is -4.94. The van der Waals surface area contributed by atoms with Crippen LogP contribution >= 0.6 is 7.60 Å². The zero-order valence-electron chi connectivity index (χ0n) is 40.2. The summed E-state index contributed by atoms with van der Waals surface area (Å²) < 4.78 is 91.1. The highest BCUT2D eigenvalue weighted by Gasteiger charge is 2.28. The highest BCUT2D eigenvalue weighted by molar-refractivity contribution is 7.86. The zero-order valence-corrected chi connectivity index (χ0v) is 42.8. The molecule has 0 fully saturated rings. The molecule has 4 amide bonds. The van der Waals surface area contributed by atoms with E-state index in [1.165, 1.54) is 44.2 Å². The van der Waals surface area contributed by atoms with Gasteiger partial charge in [-0.05, 0) is 148 Å². The minimum absolute atomic E-state index is 0.0192. The van der Waals surface area contributed by atoms with Crippen molar-refractivity contribution < 1.29 is 54.3 Å². The van der Waals surface area contributed by atoms with E-state index < -0.39 is 44.8 Å². The lowest BCUT2D eigenvalue weighted by atomic mass is 9.93. The highest BCUT2D eigenvalue weighted by Crippen LogP contribution is 2.44. The van der Waals surface area contributed by atoms with Gasteiger partial charge in [0.05, 0.1) is 27.7 Å². The van der Waals surface area contributed by atoms with E-state index in [2.05, 4.69) is 26.6 Å². The fourth-order valence-electron chi connectivity index (χ4n) is 9.02. The largest absolute Gasteiger partial charge is 0.456 e. The van der Waals surface area contributed by atoms with Crippen molar-refractivity contribution >= 4 is 96.0 Å². The Bertz CT molecular complexity index is 3930. The van der Waals surface area contributed by atoms with Crippen molar-refractivity contribution in [3.63, 3.8) is 0 Å². The molecule has 6 aromatic rings. The van der Waals surface area contributed by atoms with Crippen LogP contribution in [0.2, 0.25) is 0 Å². The van der Waals surface area contributed by atoms with Crippen molar-refractivity contribution in [3.05, 3.63) is 160 Å². The summed E-state index contributed by atoms with van der Waals surface area (Å²) in [5, 5.41) is 14.8. The molecule has 0 bridgehead atoms. The Morgan fingerprint density at radius 3 is 1.88 bits per heavy atom. The molecule has 73 heavy (non-hydrogen) atoms. The maximum Gasteiger partial charge on any atom is 0.356 e. The molecule has 376 valence electrons. The van der Waals surface area contributed by atoms with Crippen LogP contribution in [0.5, 0.6) is 0 Å². The van der Waals surface area contributed by atoms with Gasteiger partial charge >= 0.3 is 19.7 Å². The number of aryl methyl sites for hydroxylation is 3. The number of benzene rings is 7. The molecule has 8 rings (SSSR count). The summed E-state index contributed by atoms with van der Waals surface area (Å²) in [5.74, 6) is 0.188. The molecule has 0 saturated heterocycles. The van der Waals surface area contributed by atoms with Gasteiger partial charge in [0.2, 0.25) is 0 Å². The Hall–Kier alpha value is -7.68. The molecule has 2 aliphatic rings. The van der Waals surface area contributed by atoms with E-state index in [4.69, 9.17) is 9.41 Å². The van der Waals surface area contributed by atoms with Crippen LogP contribution in [0.25, 0.3) is 33.4 Å². The third-order valence-corrected chi connectivity index (χ3v) is 15.2. The lowest BCUT2D eigenvalue weighted by molar-refractivity contribution is 0.261. The maximum atomic E-state index is 13.4. The Morgan fingerprint density at radius 2 is 1.22 bits per heavy atom. The normalized spacial score (nSPS) is 12.2. The second-order valence-electron chi connectivity index (χ2n) is 17.5.